The van der Waals surface area contributed by atoms with Crippen LogP contribution in [0.1, 0.15) is 50.4 Å². The molecule has 1 atom stereocenters. The van der Waals surface area contributed by atoms with Crippen molar-refractivity contribution in [3.05, 3.63) is 138 Å². The van der Waals surface area contributed by atoms with Crippen molar-refractivity contribution >= 4 is 79.5 Å². The van der Waals surface area contributed by atoms with Gasteiger partial charge in [-0.25, -0.2) is 16.8 Å². The summed E-state index contributed by atoms with van der Waals surface area (Å²) in [6, 6.07) is 38.4. The fourth-order valence-electron chi connectivity index (χ4n) is 10.2. The average Bonchev–Trinajstić information content (AvgIpc) is 3.73. The van der Waals surface area contributed by atoms with Crippen LogP contribution in [0.4, 0.5) is 22.7 Å². The summed E-state index contributed by atoms with van der Waals surface area (Å²) in [6.45, 7) is 12.7. The van der Waals surface area contributed by atoms with Crippen LogP contribution >= 0.6 is 31.0 Å². The van der Waals surface area contributed by atoms with Crippen LogP contribution in [0.3, 0.4) is 0 Å². The van der Waals surface area contributed by atoms with E-state index in [1.54, 1.807) is 36.0 Å². The number of esters is 1. The highest BCUT2D eigenvalue weighted by Crippen LogP contribution is 2.44. The van der Waals surface area contributed by atoms with Gasteiger partial charge in [-0.2, -0.15) is 0 Å². The summed E-state index contributed by atoms with van der Waals surface area (Å²) in [5.41, 5.74) is 7.96. The largest absolute Gasteiger partial charge is 0.465 e. The van der Waals surface area contributed by atoms with Gasteiger partial charge in [0.05, 0.1) is 27.6 Å². The Bertz CT molecular complexity index is 3250. The predicted molar refractivity (Wildman–Crippen MR) is 308 cm³/mol. The van der Waals surface area contributed by atoms with E-state index in [0.29, 0.717) is 52.8 Å². The minimum absolute atomic E-state index is 0.00416. The first-order valence-corrected chi connectivity index (χ1v) is 32.1. The van der Waals surface area contributed by atoms with Gasteiger partial charge in [0.15, 0.2) is 9.84 Å². The van der Waals surface area contributed by atoms with Crippen LogP contribution in [-0.4, -0.2) is 119 Å². The number of anilines is 4. The Kier molecular flexibility index (Phi) is 18.4. The van der Waals surface area contributed by atoms with E-state index in [0.717, 1.165) is 89.2 Å². The third kappa shape index (κ3) is 14.4. The number of nitrogens with one attached hydrogen (secondary N) is 2. The van der Waals surface area contributed by atoms with Crippen molar-refractivity contribution in [2.75, 3.05) is 90.4 Å². The number of carbonyl (C=O) groups excluding carboxylic acids is 1. The zero-order chi connectivity index (χ0) is 54.4. The van der Waals surface area contributed by atoms with Crippen molar-refractivity contribution < 1.29 is 40.7 Å². The third-order valence-electron chi connectivity index (χ3n) is 14.1. The molecule has 406 valence electrons. The second-order valence-corrected chi connectivity index (χ2v) is 26.9. The number of likely N-dealkylation sites (tertiary alicyclic amines) is 1. The molecule has 0 spiro atoms. The lowest BCUT2D eigenvalue weighted by Crippen LogP contribution is -2.46. The van der Waals surface area contributed by atoms with Gasteiger partial charge < -0.3 is 39.1 Å². The zero-order valence-corrected chi connectivity index (χ0v) is 47.7. The first-order chi connectivity index (χ1) is 36.1. The summed E-state index contributed by atoms with van der Waals surface area (Å²) in [4.78, 5) is 39.2. The Balaban J connectivity index is 0.881. The van der Waals surface area contributed by atoms with Crippen LogP contribution < -0.4 is 19.8 Å². The quantitative estimate of drug-likeness (QED) is 0.0302. The van der Waals surface area contributed by atoms with Crippen molar-refractivity contribution in [1.82, 2.24) is 9.47 Å². The van der Waals surface area contributed by atoms with Crippen molar-refractivity contribution in [2.24, 2.45) is 5.92 Å². The fourth-order valence-corrected chi connectivity index (χ4v) is 14.0. The number of ether oxygens (including phenoxy) is 1. The van der Waals surface area contributed by atoms with Crippen molar-refractivity contribution in [1.29, 1.82) is 0 Å². The molecule has 0 aliphatic carbocycles. The van der Waals surface area contributed by atoms with Crippen LogP contribution in [0, 0.1) is 19.8 Å². The molecular weight excluding hydrogens is 1060 g/mol. The average molecular weight is 1130 g/mol. The predicted octanol–water partition coefficient (Wildman–Crippen LogP) is 10.6. The Morgan fingerprint density at radius 2 is 1.46 bits per heavy atom. The molecule has 2 fully saturated rings. The van der Waals surface area contributed by atoms with E-state index in [4.69, 9.17) is 26.1 Å². The van der Waals surface area contributed by atoms with Gasteiger partial charge in [0.25, 0.3) is 10.0 Å². The normalized spacial score (nSPS) is 15.5. The number of thioether (sulfide) groups is 1. The molecule has 76 heavy (non-hydrogen) atoms. The number of sulfonamides is 1. The molecule has 0 bridgehead atoms. The van der Waals surface area contributed by atoms with Crippen LogP contribution in [0.2, 0.25) is 5.02 Å². The first-order valence-electron chi connectivity index (χ1n) is 25.6. The number of halogens is 1. The lowest BCUT2D eigenvalue weighted by Gasteiger charge is -2.37. The SMILES string of the molecule is Cc1cc(S(=O)(=O)Nc2ccc(N3CCN(c4cccc(-c5c(S(C)(=O)=O)c(C)n(C(C)C)c5-c5ccc(Cl)cc5)c4)CC3)cc2)ccc1N[C@H](CCN1CCC(C(=O)OCCP(=O)(O)O)CC1)CSc1ccccc1. The van der Waals surface area contributed by atoms with Gasteiger partial charge in [0, 0.05) is 101 Å². The number of sulfone groups is 1. The molecule has 20 heteroatoms. The molecule has 5 aromatic carbocycles. The molecule has 8 rings (SSSR count). The zero-order valence-electron chi connectivity index (χ0n) is 43.6. The van der Waals surface area contributed by atoms with E-state index in [-0.39, 0.29) is 29.5 Å². The van der Waals surface area contributed by atoms with Crippen molar-refractivity contribution in [3.8, 4) is 22.4 Å². The number of rotatable bonds is 21. The second kappa shape index (κ2) is 24.6. The number of hydrogen-bond donors (Lipinski definition) is 4. The third-order valence-corrected chi connectivity index (χ3v) is 18.9. The van der Waals surface area contributed by atoms with Crippen LogP contribution in [0.25, 0.3) is 22.4 Å². The van der Waals surface area contributed by atoms with Crippen molar-refractivity contribution in [3.63, 3.8) is 0 Å². The lowest BCUT2D eigenvalue weighted by atomic mass is 9.97. The lowest BCUT2D eigenvalue weighted by molar-refractivity contribution is -0.149. The Labute approximate surface area is 457 Å². The van der Waals surface area contributed by atoms with E-state index < -0.39 is 39.6 Å². The van der Waals surface area contributed by atoms with Gasteiger partial charge in [-0.15, -0.1) is 11.8 Å². The number of piperidine rings is 1. The number of piperazine rings is 1. The monoisotopic (exact) mass is 1130 g/mol. The summed E-state index contributed by atoms with van der Waals surface area (Å²) in [6.07, 6.45) is 2.81. The van der Waals surface area contributed by atoms with Gasteiger partial charge >= 0.3 is 13.6 Å². The molecule has 0 amide bonds. The molecule has 15 nitrogen and oxygen atoms in total. The van der Waals surface area contributed by atoms with E-state index in [1.807, 2.05) is 86.6 Å². The molecule has 4 N–H and O–H groups in total. The molecular formula is C56H68ClN6O9PS3. The maximum absolute atomic E-state index is 13.8. The summed E-state index contributed by atoms with van der Waals surface area (Å²) < 4.78 is 75.9. The highest BCUT2D eigenvalue weighted by Gasteiger charge is 2.31. The van der Waals surface area contributed by atoms with Crippen LogP contribution in [0.15, 0.2) is 136 Å². The fraction of sp³-hybridized carbons (Fsp3) is 0.375. The van der Waals surface area contributed by atoms with E-state index >= 15 is 0 Å². The summed E-state index contributed by atoms with van der Waals surface area (Å²) in [7, 11) is -11.8. The highest BCUT2D eigenvalue weighted by atomic mass is 35.5. The number of hydrogen-bond acceptors (Lipinski definition) is 12. The number of aryl methyl sites for hydroxylation is 1. The Morgan fingerprint density at radius 3 is 2.08 bits per heavy atom. The molecule has 2 aliphatic rings. The molecule has 2 aliphatic heterocycles. The summed E-state index contributed by atoms with van der Waals surface area (Å²) >= 11 is 8.04. The Morgan fingerprint density at radius 1 is 0.803 bits per heavy atom. The molecule has 0 saturated carbocycles. The number of nitrogens with zero attached hydrogens (tertiary/aromatic N) is 4. The van der Waals surface area contributed by atoms with E-state index in [1.165, 1.54) is 6.26 Å². The van der Waals surface area contributed by atoms with Crippen molar-refractivity contribution in [2.45, 2.75) is 73.7 Å². The molecule has 3 heterocycles. The number of aromatic nitrogens is 1. The maximum atomic E-state index is 13.8. The Hall–Kier alpha value is -5.30. The minimum atomic E-state index is -4.23. The standard InChI is InChI=1S/C56H68ClN6O9PS3/c1-39(2)63-41(4)55(75(5,68)69)53(54(63)42-14-16-45(57)17-15-42)44-10-9-11-49(37-44)62-32-30-61(31-33-62)48-20-18-46(19-21-48)59-76(70,71)51-22-23-52(40(3)36-51)58-47(38-74-50-12-7-6-8-13-50)26-29-60-27-24-43(25-28-60)56(64)72-34-35-73(65,66)67/h6-23,36-37,39,43,47,58-59H,24-35,38H2,1-5H3,(H2,65,66,67)/t47-/m1/s1. The smallest absolute Gasteiger partial charge is 0.328 e. The second-order valence-electron chi connectivity index (χ2n) is 20.0. The van der Waals surface area contributed by atoms with Gasteiger partial charge in [-0.05, 0) is 156 Å². The van der Waals surface area contributed by atoms with Gasteiger partial charge in [0.2, 0.25) is 0 Å². The molecule has 1 aromatic heterocycles. The van der Waals surface area contributed by atoms with Crippen LogP contribution in [0.5, 0.6) is 0 Å². The van der Waals surface area contributed by atoms with Gasteiger partial charge in [-0.1, -0.05) is 54.1 Å². The van der Waals surface area contributed by atoms with Crippen LogP contribution in [-0.2, 0) is 34.0 Å². The maximum Gasteiger partial charge on any atom is 0.328 e. The molecule has 0 radical (unpaired) electrons. The molecule has 0 unspecified atom stereocenters. The van der Waals surface area contributed by atoms with E-state index in [2.05, 4.69) is 67.4 Å². The summed E-state index contributed by atoms with van der Waals surface area (Å²) in [5.74, 6) is 0.0597. The highest BCUT2D eigenvalue weighted by molar-refractivity contribution is 7.99. The summed E-state index contributed by atoms with van der Waals surface area (Å²) in [5, 5.41) is 4.30. The molecule has 2 saturated heterocycles. The molecule has 6 aromatic rings. The first kappa shape index (κ1) is 56.9. The number of carbonyl (C=O) groups is 1. The van der Waals surface area contributed by atoms with Gasteiger partial charge in [-0.3, -0.25) is 14.1 Å². The number of benzene rings is 5. The van der Waals surface area contributed by atoms with Gasteiger partial charge in [0.1, 0.15) is 6.61 Å². The topological polar surface area (TPSA) is 191 Å². The van der Waals surface area contributed by atoms with E-state index in [9.17, 15) is 26.2 Å². The minimum Gasteiger partial charge on any atom is -0.465 e.